The van der Waals surface area contributed by atoms with Crippen LogP contribution in [0.2, 0.25) is 0 Å². The van der Waals surface area contributed by atoms with Crippen LogP contribution in [0.4, 0.5) is 0 Å². The van der Waals surface area contributed by atoms with Crippen molar-refractivity contribution >= 4 is 43.1 Å². The van der Waals surface area contributed by atoms with Gasteiger partial charge in [-0.2, -0.15) is 0 Å². The Hall–Kier alpha value is -8.32. The maximum Gasteiger partial charge on any atom is -0.00201 e. The third-order valence-corrected chi connectivity index (χ3v) is 14.1. The molecule has 0 saturated heterocycles. The molecule has 14 rings (SSSR count). The van der Waals surface area contributed by atoms with Crippen molar-refractivity contribution in [2.75, 3.05) is 0 Å². The van der Waals surface area contributed by atoms with Gasteiger partial charge in [0, 0.05) is 0 Å². The van der Waals surface area contributed by atoms with E-state index in [9.17, 15) is 0 Å². The molecule has 0 heteroatoms. The zero-order valence-corrected chi connectivity index (χ0v) is 34.9. The first-order valence-electron chi connectivity index (χ1n) is 22.3. The predicted octanol–water partition coefficient (Wildman–Crippen LogP) is 17.9. The molecule has 0 bridgehead atoms. The lowest BCUT2D eigenvalue weighted by molar-refractivity contribution is 1.60. The van der Waals surface area contributed by atoms with Crippen molar-refractivity contribution in [2.45, 2.75) is 0 Å². The number of hydrogen-bond donors (Lipinski definition) is 0. The van der Waals surface area contributed by atoms with Crippen molar-refractivity contribution in [1.29, 1.82) is 0 Å². The summed E-state index contributed by atoms with van der Waals surface area (Å²) >= 11 is 0. The van der Waals surface area contributed by atoms with E-state index in [4.69, 9.17) is 0 Å². The fourth-order valence-corrected chi connectivity index (χ4v) is 11.2. The molecular weight excluding hydrogens is 769 g/mol. The highest BCUT2D eigenvalue weighted by Crippen LogP contribution is 2.55. The van der Waals surface area contributed by atoms with Crippen LogP contribution in [0.3, 0.4) is 0 Å². The summed E-state index contributed by atoms with van der Waals surface area (Å²) in [4.78, 5) is 0. The Morgan fingerprint density at radius 2 is 0.406 bits per heavy atom. The summed E-state index contributed by atoms with van der Waals surface area (Å²) in [6, 6.07) is 86.0. The van der Waals surface area contributed by atoms with E-state index in [1.54, 1.807) is 0 Å². The number of fused-ring (bicyclic) bond motifs is 8. The zero-order chi connectivity index (χ0) is 41.9. The summed E-state index contributed by atoms with van der Waals surface area (Å²) in [5.41, 5.74) is 23.0. The van der Waals surface area contributed by atoms with E-state index in [1.807, 2.05) is 0 Å². The van der Waals surface area contributed by atoms with E-state index in [1.165, 1.54) is 143 Å². The van der Waals surface area contributed by atoms with Crippen molar-refractivity contribution in [3.8, 4) is 100 Å². The van der Waals surface area contributed by atoms with Crippen LogP contribution in [0.25, 0.3) is 143 Å². The zero-order valence-electron chi connectivity index (χ0n) is 34.9. The molecule has 0 aliphatic heterocycles. The Balaban J connectivity index is 0.924. The van der Waals surface area contributed by atoms with Gasteiger partial charge in [-0.1, -0.05) is 182 Å². The van der Waals surface area contributed by atoms with Crippen molar-refractivity contribution in [3.63, 3.8) is 0 Å². The van der Waals surface area contributed by atoms with Crippen LogP contribution in [0.5, 0.6) is 0 Å². The first kappa shape index (κ1) is 35.3. The molecule has 64 heavy (non-hydrogen) atoms. The first-order chi connectivity index (χ1) is 31.7. The highest BCUT2D eigenvalue weighted by Gasteiger charge is 2.27. The van der Waals surface area contributed by atoms with Gasteiger partial charge in [-0.3, -0.25) is 0 Å². The van der Waals surface area contributed by atoms with Crippen LogP contribution in [0, 0.1) is 0 Å². The lowest BCUT2D eigenvalue weighted by Crippen LogP contribution is -1.88. The molecule has 294 valence electrons. The van der Waals surface area contributed by atoms with Crippen molar-refractivity contribution in [2.24, 2.45) is 0 Å². The third kappa shape index (κ3) is 5.17. The minimum atomic E-state index is 1.23. The molecule has 2 aliphatic carbocycles. The molecule has 0 heterocycles. The minimum absolute atomic E-state index is 1.23. The maximum absolute atomic E-state index is 2.44. The fraction of sp³-hybridized carbons (Fsp3) is 0. The van der Waals surface area contributed by atoms with E-state index < -0.39 is 0 Å². The van der Waals surface area contributed by atoms with Gasteiger partial charge in [-0.25, -0.2) is 0 Å². The van der Waals surface area contributed by atoms with Gasteiger partial charge in [0.1, 0.15) is 0 Å². The summed E-state index contributed by atoms with van der Waals surface area (Å²) in [5, 5.41) is 10.3. The predicted molar refractivity (Wildman–Crippen MR) is 273 cm³/mol. The molecule has 0 spiro atoms. The van der Waals surface area contributed by atoms with E-state index in [-0.39, 0.29) is 0 Å². The van der Waals surface area contributed by atoms with Crippen molar-refractivity contribution in [3.05, 3.63) is 231 Å². The molecule has 12 aromatic rings. The van der Waals surface area contributed by atoms with Crippen LogP contribution >= 0.6 is 0 Å². The normalized spacial score (nSPS) is 12.1. The topological polar surface area (TPSA) is 0 Å². The van der Waals surface area contributed by atoms with Crippen LogP contribution in [-0.2, 0) is 0 Å². The highest BCUT2D eigenvalue weighted by atomic mass is 14.3. The molecule has 0 fully saturated rings. The average molecular weight is 807 g/mol. The molecule has 0 saturated carbocycles. The smallest absolute Gasteiger partial charge is 0.00201 e. The lowest BCUT2D eigenvalue weighted by Gasteiger charge is -2.14. The summed E-state index contributed by atoms with van der Waals surface area (Å²) in [6.45, 7) is 0. The summed E-state index contributed by atoms with van der Waals surface area (Å²) < 4.78 is 0. The van der Waals surface area contributed by atoms with Crippen molar-refractivity contribution < 1.29 is 0 Å². The minimum Gasteiger partial charge on any atom is -0.0622 e. The van der Waals surface area contributed by atoms with Crippen LogP contribution in [0.1, 0.15) is 0 Å². The maximum atomic E-state index is 2.44. The second-order valence-electron chi connectivity index (χ2n) is 17.5. The van der Waals surface area contributed by atoms with Crippen LogP contribution in [0.15, 0.2) is 231 Å². The Kier molecular flexibility index (Phi) is 7.49. The molecule has 0 aromatic heterocycles. The Bertz CT molecular complexity index is 3460. The molecule has 0 radical (unpaired) electrons. The SMILES string of the molecule is c1ccc(-c2cc3cc4c(cc3cc2-c2ccccc2)-c2ccc(-c3ccc5c6c(cccc36)-c3cc6cc(-c7ccccc7)c(-c7ccccc7)cc6cc3-5)c3cccc-4c23)cc1. The lowest BCUT2D eigenvalue weighted by atomic mass is 9.89. The third-order valence-electron chi connectivity index (χ3n) is 14.1. The molecular formula is C64H38. The quantitative estimate of drug-likeness (QED) is 0.163. The van der Waals surface area contributed by atoms with E-state index >= 15 is 0 Å². The van der Waals surface area contributed by atoms with Gasteiger partial charge in [0.05, 0.1) is 0 Å². The molecule has 0 amide bonds. The fourth-order valence-electron chi connectivity index (χ4n) is 11.2. The molecule has 0 nitrogen and oxygen atoms in total. The molecule has 0 unspecified atom stereocenters. The number of hydrogen-bond acceptors (Lipinski definition) is 0. The average Bonchev–Trinajstić information content (AvgIpc) is 3.85. The van der Waals surface area contributed by atoms with Crippen LogP contribution < -0.4 is 0 Å². The first-order valence-corrected chi connectivity index (χ1v) is 22.3. The van der Waals surface area contributed by atoms with Gasteiger partial charge < -0.3 is 0 Å². The van der Waals surface area contributed by atoms with E-state index in [2.05, 4.69) is 231 Å². The van der Waals surface area contributed by atoms with Gasteiger partial charge >= 0.3 is 0 Å². The molecule has 12 aromatic carbocycles. The largest absolute Gasteiger partial charge is 0.0622 e. The standard InChI is InChI=1S/C64H38/c1-5-15-39(16-6-1)55-31-43-35-59-51-25-13-23-49-47(27-29-53(63(49)51)61(59)37-45(43)33-57(55)41-19-9-3-10-20-41)48-28-30-54-62-38-46-34-58(42-21-11-4-12-22-42)56(40-17-7-2-8-18-40)32-44(46)36-60(62)52-26-14-24-50(48)64(52)54/h1-38H. The van der Waals surface area contributed by atoms with Gasteiger partial charge in [0.15, 0.2) is 0 Å². The number of benzene rings is 12. The van der Waals surface area contributed by atoms with Gasteiger partial charge in [0.2, 0.25) is 0 Å². The summed E-state index contributed by atoms with van der Waals surface area (Å²) in [5.74, 6) is 0. The second kappa shape index (κ2) is 13.6. The molecule has 0 N–H and O–H groups in total. The Labute approximate surface area is 372 Å². The Morgan fingerprint density at radius 1 is 0.156 bits per heavy atom. The van der Waals surface area contributed by atoms with Crippen molar-refractivity contribution in [1.82, 2.24) is 0 Å². The summed E-state index contributed by atoms with van der Waals surface area (Å²) in [6.07, 6.45) is 0. The molecule has 2 aliphatic rings. The van der Waals surface area contributed by atoms with Gasteiger partial charge in [0.25, 0.3) is 0 Å². The van der Waals surface area contributed by atoms with Gasteiger partial charge in [-0.15, -0.1) is 0 Å². The Morgan fingerprint density at radius 3 is 0.703 bits per heavy atom. The summed E-state index contributed by atoms with van der Waals surface area (Å²) in [7, 11) is 0. The van der Waals surface area contributed by atoms with Gasteiger partial charge in [-0.05, 0) is 192 Å². The highest BCUT2D eigenvalue weighted by molar-refractivity contribution is 6.25. The molecule has 0 atom stereocenters. The monoisotopic (exact) mass is 806 g/mol. The van der Waals surface area contributed by atoms with E-state index in [0.717, 1.165) is 0 Å². The van der Waals surface area contributed by atoms with Crippen LogP contribution in [-0.4, -0.2) is 0 Å². The second-order valence-corrected chi connectivity index (χ2v) is 17.5. The number of rotatable bonds is 5. The van der Waals surface area contributed by atoms with E-state index in [0.29, 0.717) is 0 Å².